The molecule has 20 heavy (non-hydrogen) atoms. The second-order valence-electron chi connectivity index (χ2n) is 4.70. The van der Waals surface area contributed by atoms with Crippen molar-refractivity contribution in [2.75, 3.05) is 0 Å². The first-order valence-electron chi connectivity index (χ1n) is 6.39. The van der Waals surface area contributed by atoms with E-state index in [1.54, 1.807) is 10.7 Å². The van der Waals surface area contributed by atoms with E-state index in [0.717, 1.165) is 17.8 Å². The van der Waals surface area contributed by atoms with Crippen LogP contribution >= 0.6 is 0 Å². The summed E-state index contributed by atoms with van der Waals surface area (Å²) in [4.78, 5) is 9.86. The summed E-state index contributed by atoms with van der Waals surface area (Å²) in [5, 5.41) is 15.0. The minimum absolute atomic E-state index is 0.404. The number of hydrogen-bond acceptors (Lipinski definition) is 3. The Kier molecular flexibility index (Phi) is 3.83. The molecule has 0 unspecified atom stereocenters. The first-order chi connectivity index (χ1) is 9.43. The van der Waals surface area contributed by atoms with E-state index >= 15 is 0 Å². The van der Waals surface area contributed by atoms with Crippen LogP contribution in [0.15, 0.2) is 18.2 Å². The predicted molar refractivity (Wildman–Crippen MR) is 73.2 cm³/mol. The highest BCUT2D eigenvalue weighted by Gasteiger charge is 2.15. The number of hydrogen-bond donors (Lipinski definition) is 0. The van der Waals surface area contributed by atoms with Gasteiger partial charge in [-0.25, -0.2) is 0 Å². The molecule has 0 aliphatic rings. The number of nitrogens with zero attached hydrogens (tertiary/aromatic N) is 3. The Balaban J connectivity index is 2.31. The van der Waals surface area contributed by atoms with Crippen LogP contribution in [0.2, 0.25) is 0 Å². The fourth-order valence-electron chi connectivity index (χ4n) is 2.37. The van der Waals surface area contributed by atoms with Crippen molar-refractivity contribution in [2.24, 2.45) is 0 Å². The van der Waals surface area contributed by atoms with Gasteiger partial charge >= 0.3 is 5.69 Å². The van der Waals surface area contributed by atoms with E-state index in [-0.39, 0.29) is 0 Å². The second-order valence-corrected chi connectivity index (χ2v) is 4.70. The van der Waals surface area contributed by atoms with Gasteiger partial charge in [0.15, 0.2) is 0 Å². The van der Waals surface area contributed by atoms with Crippen molar-refractivity contribution in [1.82, 2.24) is 9.78 Å². The monoisotopic (exact) mass is 277 g/mol. The first kappa shape index (κ1) is 14.2. The van der Waals surface area contributed by atoms with E-state index in [1.165, 1.54) is 17.7 Å². The Hall–Kier alpha value is -2.24. The maximum Gasteiger partial charge on any atom is 0.304 e. The van der Waals surface area contributed by atoms with Gasteiger partial charge in [-0.2, -0.15) is 9.49 Å². The molecule has 2 rings (SSSR count). The molecule has 0 saturated heterocycles. The maximum absolute atomic E-state index is 13.6. The summed E-state index contributed by atoms with van der Waals surface area (Å²) in [6, 6.07) is 3.95. The Morgan fingerprint density at radius 1 is 1.40 bits per heavy atom. The minimum atomic E-state index is -0.815. The van der Waals surface area contributed by atoms with Gasteiger partial charge in [0.1, 0.15) is 0 Å². The molecule has 1 aromatic carbocycles. The van der Waals surface area contributed by atoms with E-state index in [0.29, 0.717) is 12.1 Å². The molecule has 0 atom stereocenters. The Labute approximate surface area is 116 Å². The molecule has 106 valence electrons. The molecule has 0 N–H and O–H groups in total. The number of nitro groups is 1. The number of aryl methyl sites for hydroxylation is 1. The third-order valence-electron chi connectivity index (χ3n) is 3.43. The van der Waals surface area contributed by atoms with Crippen molar-refractivity contribution in [3.63, 3.8) is 0 Å². The molecule has 0 amide bonds. The van der Waals surface area contributed by atoms with Crippen LogP contribution in [0.25, 0.3) is 0 Å². The Morgan fingerprint density at radius 2 is 2.10 bits per heavy atom. The van der Waals surface area contributed by atoms with Gasteiger partial charge in [-0.05, 0) is 37.5 Å². The van der Waals surface area contributed by atoms with Crippen LogP contribution in [-0.4, -0.2) is 14.7 Å². The van der Waals surface area contributed by atoms with Gasteiger partial charge in [-0.1, -0.05) is 13.0 Å². The topological polar surface area (TPSA) is 61.0 Å². The largest absolute Gasteiger partial charge is 0.304 e. The maximum atomic E-state index is 13.6. The van der Waals surface area contributed by atoms with Gasteiger partial charge in [0.25, 0.3) is 0 Å². The van der Waals surface area contributed by atoms with Gasteiger partial charge in [0, 0.05) is 11.8 Å². The third-order valence-corrected chi connectivity index (χ3v) is 3.43. The molecule has 0 bridgehead atoms. The lowest BCUT2D eigenvalue weighted by Crippen LogP contribution is -2.05. The van der Waals surface area contributed by atoms with Gasteiger partial charge in [0.05, 0.1) is 17.2 Å². The molecule has 0 aliphatic heterocycles. The quantitative estimate of drug-likeness (QED) is 0.637. The van der Waals surface area contributed by atoms with E-state index in [2.05, 4.69) is 12.0 Å². The van der Waals surface area contributed by atoms with E-state index in [4.69, 9.17) is 0 Å². The average molecular weight is 277 g/mol. The van der Waals surface area contributed by atoms with Crippen LogP contribution in [0.4, 0.5) is 10.1 Å². The van der Waals surface area contributed by atoms with Gasteiger partial charge in [-0.3, -0.25) is 14.8 Å². The first-order valence-corrected chi connectivity index (χ1v) is 6.39. The zero-order valence-electron chi connectivity index (χ0n) is 11.7. The van der Waals surface area contributed by atoms with Gasteiger partial charge in [-0.15, -0.1) is 0 Å². The second kappa shape index (κ2) is 5.40. The lowest BCUT2D eigenvalue weighted by molar-refractivity contribution is -0.387. The summed E-state index contributed by atoms with van der Waals surface area (Å²) in [6.07, 6.45) is 0.895. The van der Waals surface area contributed by atoms with Crippen molar-refractivity contribution in [3.05, 3.63) is 56.6 Å². The molecule has 0 saturated carbocycles. The van der Waals surface area contributed by atoms with Crippen molar-refractivity contribution in [1.29, 1.82) is 0 Å². The van der Waals surface area contributed by atoms with Crippen LogP contribution in [0, 0.1) is 29.8 Å². The highest BCUT2D eigenvalue weighted by Crippen LogP contribution is 2.20. The van der Waals surface area contributed by atoms with Crippen LogP contribution in [0.5, 0.6) is 0 Å². The Morgan fingerprint density at radius 3 is 2.60 bits per heavy atom. The molecule has 0 fully saturated rings. The van der Waals surface area contributed by atoms with Gasteiger partial charge < -0.3 is 0 Å². The molecular formula is C14H16FN3O2. The summed E-state index contributed by atoms with van der Waals surface area (Å²) in [5.74, 6) is -0.815. The molecular weight excluding hydrogens is 261 g/mol. The summed E-state index contributed by atoms with van der Waals surface area (Å²) in [6.45, 7) is 6.38. The Bertz CT molecular complexity index is 665. The molecule has 6 heteroatoms. The zero-order valence-corrected chi connectivity index (χ0v) is 11.7. The zero-order chi connectivity index (χ0) is 14.9. The van der Waals surface area contributed by atoms with Crippen molar-refractivity contribution in [3.8, 4) is 0 Å². The van der Waals surface area contributed by atoms with E-state index < -0.39 is 16.4 Å². The average Bonchev–Trinajstić information content (AvgIpc) is 2.63. The molecule has 5 nitrogen and oxygen atoms in total. The molecule has 1 heterocycles. The van der Waals surface area contributed by atoms with Crippen molar-refractivity contribution < 1.29 is 9.31 Å². The molecule has 0 spiro atoms. The number of rotatable bonds is 4. The highest BCUT2D eigenvalue weighted by atomic mass is 19.1. The standard InChI is InChI=1S/C14H16FN3O2/c1-4-12-9(2)16-17(10(12)3)8-11-5-6-14(18(19)20)13(15)7-11/h5-7H,4,8H2,1-3H3. The lowest BCUT2D eigenvalue weighted by Gasteiger charge is -2.05. The van der Waals surface area contributed by atoms with E-state index in [1.807, 2.05) is 13.8 Å². The van der Waals surface area contributed by atoms with Crippen LogP contribution in [0.1, 0.15) is 29.4 Å². The smallest absolute Gasteiger partial charge is 0.265 e. The summed E-state index contributed by atoms with van der Waals surface area (Å²) in [7, 11) is 0. The summed E-state index contributed by atoms with van der Waals surface area (Å²) >= 11 is 0. The summed E-state index contributed by atoms with van der Waals surface area (Å²) < 4.78 is 15.4. The molecule has 1 aromatic heterocycles. The minimum Gasteiger partial charge on any atom is -0.265 e. The highest BCUT2D eigenvalue weighted by molar-refractivity contribution is 5.35. The molecule has 0 aliphatic carbocycles. The predicted octanol–water partition coefficient (Wildman–Crippen LogP) is 3.16. The van der Waals surface area contributed by atoms with Crippen molar-refractivity contribution >= 4 is 5.69 Å². The van der Waals surface area contributed by atoms with Crippen LogP contribution < -0.4 is 0 Å². The van der Waals surface area contributed by atoms with Crippen LogP contribution in [-0.2, 0) is 13.0 Å². The fraction of sp³-hybridized carbons (Fsp3) is 0.357. The molecule has 2 aromatic rings. The van der Waals surface area contributed by atoms with Crippen molar-refractivity contribution in [2.45, 2.75) is 33.7 Å². The lowest BCUT2D eigenvalue weighted by atomic mass is 10.1. The van der Waals surface area contributed by atoms with E-state index in [9.17, 15) is 14.5 Å². The molecule has 0 radical (unpaired) electrons. The van der Waals surface area contributed by atoms with Gasteiger partial charge in [0.2, 0.25) is 5.82 Å². The van der Waals surface area contributed by atoms with Crippen LogP contribution in [0.3, 0.4) is 0 Å². The SMILES string of the molecule is CCc1c(C)nn(Cc2ccc([N+](=O)[O-])c(F)c2)c1C. The fourth-order valence-corrected chi connectivity index (χ4v) is 2.37. The number of benzene rings is 1. The number of aromatic nitrogens is 2. The number of halogens is 1. The number of nitro benzene ring substituents is 1. The summed E-state index contributed by atoms with van der Waals surface area (Å²) in [5.41, 5.74) is 3.35. The third kappa shape index (κ3) is 2.54. The normalized spacial score (nSPS) is 10.8.